The van der Waals surface area contributed by atoms with Crippen LogP contribution in [0.15, 0.2) is 18.2 Å². The molecule has 1 N–H and O–H groups in total. The minimum atomic E-state index is -1.23. The molecule has 0 aliphatic carbocycles. The van der Waals surface area contributed by atoms with Crippen molar-refractivity contribution in [3.63, 3.8) is 0 Å². The van der Waals surface area contributed by atoms with E-state index in [9.17, 15) is 18.7 Å². The van der Waals surface area contributed by atoms with Crippen LogP contribution in [0.2, 0.25) is 0 Å². The second kappa shape index (κ2) is 7.02. The maximum absolute atomic E-state index is 13.3. The summed E-state index contributed by atoms with van der Waals surface area (Å²) in [5.74, 6) is -1.52. The number of rotatable bonds is 2. The SMILES string of the molecule is CC(C)(C)OC(=O)N1CCCN(C(O)c2cc(F)cc(F)c2)S1. The molecular formula is C15H20F2N2O3S. The van der Waals surface area contributed by atoms with Crippen LogP contribution in [0, 0.1) is 11.6 Å². The zero-order chi connectivity index (χ0) is 17.2. The van der Waals surface area contributed by atoms with E-state index >= 15 is 0 Å². The van der Waals surface area contributed by atoms with Crippen molar-refractivity contribution in [2.45, 2.75) is 39.0 Å². The fourth-order valence-corrected chi connectivity index (χ4v) is 3.06. The van der Waals surface area contributed by atoms with Gasteiger partial charge in [-0.1, -0.05) is 0 Å². The molecule has 1 atom stereocenters. The Labute approximate surface area is 138 Å². The van der Waals surface area contributed by atoms with E-state index in [2.05, 4.69) is 0 Å². The average Bonchev–Trinajstić information content (AvgIpc) is 2.44. The van der Waals surface area contributed by atoms with E-state index in [0.717, 1.165) is 30.3 Å². The molecule has 1 aliphatic rings. The first-order chi connectivity index (χ1) is 10.7. The number of carbonyl (C=O) groups is 1. The molecule has 1 heterocycles. The van der Waals surface area contributed by atoms with Crippen LogP contribution in [0.3, 0.4) is 0 Å². The van der Waals surface area contributed by atoms with Gasteiger partial charge in [0.05, 0.1) is 0 Å². The molecule has 0 radical (unpaired) electrons. The van der Waals surface area contributed by atoms with Crippen molar-refractivity contribution in [3.8, 4) is 0 Å². The highest BCUT2D eigenvalue weighted by Crippen LogP contribution is 2.32. The topological polar surface area (TPSA) is 53.0 Å². The highest BCUT2D eigenvalue weighted by Gasteiger charge is 2.31. The quantitative estimate of drug-likeness (QED) is 0.831. The predicted octanol–water partition coefficient (Wildman–Crippen LogP) is 3.46. The second-order valence-electron chi connectivity index (χ2n) is 6.23. The van der Waals surface area contributed by atoms with Crippen molar-refractivity contribution in [1.82, 2.24) is 8.61 Å². The molecule has 0 saturated carbocycles. The molecule has 1 saturated heterocycles. The van der Waals surface area contributed by atoms with Gasteiger partial charge >= 0.3 is 6.09 Å². The molecule has 5 nitrogen and oxygen atoms in total. The summed E-state index contributed by atoms with van der Waals surface area (Å²) in [5, 5.41) is 10.3. The van der Waals surface area contributed by atoms with Crippen LogP contribution in [0.1, 0.15) is 39.0 Å². The lowest BCUT2D eigenvalue weighted by Crippen LogP contribution is -2.41. The third kappa shape index (κ3) is 5.05. The molecule has 1 unspecified atom stereocenters. The van der Waals surface area contributed by atoms with Gasteiger partial charge in [0, 0.05) is 36.9 Å². The van der Waals surface area contributed by atoms with Crippen LogP contribution < -0.4 is 0 Å². The van der Waals surface area contributed by atoms with E-state index in [-0.39, 0.29) is 5.56 Å². The summed E-state index contributed by atoms with van der Waals surface area (Å²) in [4.78, 5) is 12.1. The number of nitrogens with zero attached hydrogens (tertiary/aromatic N) is 2. The van der Waals surface area contributed by atoms with Gasteiger partial charge in [0.15, 0.2) is 0 Å². The zero-order valence-electron chi connectivity index (χ0n) is 13.3. The number of halogens is 2. The number of amides is 1. The largest absolute Gasteiger partial charge is 0.443 e. The molecule has 128 valence electrons. The summed E-state index contributed by atoms with van der Waals surface area (Å²) in [6, 6.07) is 2.88. The van der Waals surface area contributed by atoms with E-state index in [1.54, 1.807) is 20.8 Å². The van der Waals surface area contributed by atoms with Gasteiger partial charge < -0.3 is 9.84 Å². The second-order valence-corrected chi connectivity index (χ2v) is 7.31. The van der Waals surface area contributed by atoms with Crippen molar-refractivity contribution >= 4 is 18.2 Å². The standard InChI is InChI=1S/C15H20F2N2O3S/c1-15(2,3)22-14(21)19-6-4-5-18(23-19)13(20)10-7-11(16)9-12(17)8-10/h7-9,13,20H,4-6H2,1-3H3. The number of hydrogen-bond acceptors (Lipinski definition) is 5. The summed E-state index contributed by atoms with van der Waals surface area (Å²) in [6.45, 7) is 6.24. The fourth-order valence-electron chi connectivity index (χ4n) is 2.07. The summed E-state index contributed by atoms with van der Waals surface area (Å²) < 4.78 is 34.7. The minimum Gasteiger partial charge on any atom is -0.443 e. The highest BCUT2D eigenvalue weighted by molar-refractivity contribution is 7.95. The first-order valence-corrected chi connectivity index (χ1v) is 7.98. The summed E-state index contributed by atoms with van der Waals surface area (Å²) >= 11 is 0.992. The molecule has 0 spiro atoms. The number of aliphatic hydroxyl groups is 1. The normalized spacial score (nSPS) is 17.9. The third-order valence-corrected chi connectivity index (χ3v) is 4.12. The summed E-state index contributed by atoms with van der Waals surface area (Å²) in [7, 11) is 0. The fraction of sp³-hybridized carbons (Fsp3) is 0.533. The van der Waals surface area contributed by atoms with Crippen LogP contribution in [0.5, 0.6) is 0 Å². The van der Waals surface area contributed by atoms with E-state index in [1.165, 1.54) is 8.61 Å². The van der Waals surface area contributed by atoms with Crippen LogP contribution in [-0.2, 0) is 4.74 Å². The Morgan fingerprint density at radius 1 is 1.26 bits per heavy atom. The molecule has 1 aromatic rings. The number of ether oxygens (including phenoxy) is 1. The molecule has 1 fully saturated rings. The Morgan fingerprint density at radius 2 is 1.87 bits per heavy atom. The van der Waals surface area contributed by atoms with Gasteiger partial charge in [-0.2, -0.15) is 0 Å². The molecular weight excluding hydrogens is 326 g/mol. The third-order valence-electron chi connectivity index (χ3n) is 3.00. The summed E-state index contributed by atoms with van der Waals surface area (Å²) in [5.41, 5.74) is -0.523. The van der Waals surface area contributed by atoms with Crippen molar-refractivity contribution in [3.05, 3.63) is 35.4 Å². The number of hydrogen-bond donors (Lipinski definition) is 1. The Morgan fingerprint density at radius 3 is 2.43 bits per heavy atom. The minimum absolute atomic E-state index is 0.0982. The van der Waals surface area contributed by atoms with Gasteiger partial charge in [-0.3, -0.25) is 0 Å². The first-order valence-electron chi connectivity index (χ1n) is 7.25. The average molecular weight is 346 g/mol. The van der Waals surface area contributed by atoms with Crippen molar-refractivity contribution in [2.24, 2.45) is 0 Å². The Kier molecular flexibility index (Phi) is 5.49. The smallest absolute Gasteiger partial charge is 0.421 e. The number of carbonyl (C=O) groups excluding carboxylic acids is 1. The van der Waals surface area contributed by atoms with Gasteiger partial charge in [0.2, 0.25) is 0 Å². The van der Waals surface area contributed by atoms with Crippen LogP contribution in [-0.4, -0.2) is 38.5 Å². The predicted molar refractivity (Wildman–Crippen MR) is 83.2 cm³/mol. The molecule has 1 aliphatic heterocycles. The number of aliphatic hydroxyl groups excluding tert-OH is 1. The molecule has 2 rings (SSSR count). The lowest BCUT2D eigenvalue weighted by molar-refractivity contribution is 0.0310. The van der Waals surface area contributed by atoms with Crippen molar-refractivity contribution in [1.29, 1.82) is 0 Å². The van der Waals surface area contributed by atoms with E-state index < -0.39 is 29.6 Å². The number of benzene rings is 1. The molecule has 0 aromatic heterocycles. The molecule has 8 heteroatoms. The van der Waals surface area contributed by atoms with Gasteiger partial charge in [0.25, 0.3) is 0 Å². The van der Waals surface area contributed by atoms with Gasteiger partial charge in [-0.25, -0.2) is 22.2 Å². The molecule has 0 bridgehead atoms. The lowest BCUT2D eigenvalue weighted by atomic mass is 10.2. The van der Waals surface area contributed by atoms with Crippen LogP contribution >= 0.6 is 12.1 Å². The highest BCUT2D eigenvalue weighted by atomic mass is 32.2. The van der Waals surface area contributed by atoms with Gasteiger partial charge in [0.1, 0.15) is 23.5 Å². The molecule has 1 amide bonds. The monoisotopic (exact) mass is 346 g/mol. The van der Waals surface area contributed by atoms with Gasteiger partial charge in [-0.05, 0) is 39.3 Å². The van der Waals surface area contributed by atoms with Crippen LogP contribution in [0.25, 0.3) is 0 Å². The first kappa shape index (κ1) is 18.0. The zero-order valence-corrected chi connectivity index (χ0v) is 14.1. The van der Waals surface area contributed by atoms with E-state index in [0.29, 0.717) is 19.5 Å². The maximum Gasteiger partial charge on any atom is 0.421 e. The Hall–Kier alpha value is -1.38. The molecule has 23 heavy (non-hydrogen) atoms. The Bertz CT molecular complexity index is 560. The molecule has 1 aromatic carbocycles. The lowest BCUT2D eigenvalue weighted by Gasteiger charge is -2.36. The van der Waals surface area contributed by atoms with E-state index in [4.69, 9.17) is 4.74 Å². The van der Waals surface area contributed by atoms with E-state index in [1.807, 2.05) is 0 Å². The van der Waals surface area contributed by atoms with Crippen molar-refractivity contribution < 1.29 is 23.4 Å². The van der Waals surface area contributed by atoms with Gasteiger partial charge in [-0.15, -0.1) is 0 Å². The summed E-state index contributed by atoms with van der Waals surface area (Å²) in [6.07, 6.45) is -1.12. The van der Waals surface area contributed by atoms with Crippen molar-refractivity contribution in [2.75, 3.05) is 13.1 Å². The van der Waals surface area contributed by atoms with Crippen LogP contribution in [0.4, 0.5) is 13.6 Å². The Balaban J connectivity index is 2.06. The maximum atomic E-state index is 13.3.